The molecule has 0 amide bonds. The Morgan fingerprint density at radius 2 is 1.40 bits per heavy atom. The fourth-order valence-electron chi connectivity index (χ4n) is 8.74. The van der Waals surface area contributed by atoms with Crippen LogP contribution in [-0.2, 0) is 32.4 Å². The van der Waals surface area contributed by atoms with E-state index in [0.29, 0.717) is 13.0 Å². The first kappa shape index (κ1) is 48.4. The van der Waals surface area contributed by atoms with E-state index in [0.717, 1.165) is 62.1 Å². The highest BCUT2D eigenvalue weighted by molar-refractivity contribution is 6.74. The minimum absolute atomic E-state index is 0.0609. The Balaban J connectivity index is 2.63. The van der Waals surface area contributed by atoms with Crippen LogP contribution >= 0.6 is 0 Å². The number of cyclic esters (lactones) is 1. The van der Waals surface area contributed by atoms with Gasteiger partial charge in [-0.15, -0.1) is 0 Å². The lowest BCUT2D eigenvalue weighted by molar-refractivity contribution is -0.159. The molecule has 0 N–H and O–H groups in total. The Kier molecular flexibility index (Phi) is 17.5. The van der Waals surface area contributed by atoms with Crippen LogP contribution in [0.15, 0.2) is 0 Å². The number of ketones is 2. The topological polar surface area (TPSA) is 91.1 Å². The van der Waals surface area contributed by atoms with Crippen LogP contribution in [-0.4, -0.2) is 90.4 Å². The maximum absolute atomic E-state index is 14.9. The van der Waals surface area contributed by atoms with Crippen LogP contribution in [0.2, 0.25) is 54.4 Å². The van der Waals surface area contributed by atoms with Crippen molar-refractivity contribution in [2.24, 2.45) is 17.3 Å². The fraction of sp³-hybridized carbons (Fsp3) is 0.929. The highest BCUT2D eigenvalue weighted by Gasteiger charge is 2.59. The maximum Gasteiger partial charge on any atom is 0.309 e. The second kappa shape index (κ2) is 19.2. The van der Waals surface area contributed by atoms with Crippen LogP contribution in [0.5, 0.6) is 0 Å². The molecule has 0 spiro atoms. The molecule has 2 aliphatic rings. The average molecular weight is 798 g/mol. The number of esters is 1. The van der Waals surface area contributed by atoms with Crippen LogP contribution in [0, 0.1) is 17.3 Å². The van der Waals surface area contributed by atoms with E-state index in [-0.39, 0.29) is 52.5 Å². The van der Waals surface area contributed by atoms with Crippen molar-refractivity contribution >= 4 is 42.5 Å². The first-order valence-electron chi connectivity index (χ1n) is 21.4. The molecule has 53 heavy (non-hydrogen) atoms. The van der Waals surface area contributed by atoms with E-state index in [1.165, 1.54) is 6.92 Å². The maximum atomic E-state index is 14.9. The van der Waals surface area contributed by atoms with Gasteiger partial charge in [-0.25, -0.2) is 0 Å². The summed E-state index contributed by atoms with van der Waals surface area (Å²) in [5.41, 5.74) is -1.10. The molecule has 3 unspecified atom stereocenters. The van der Waals surface area contributed by atoms with Gasteiger partial charge in [-0.3, -0.25) is 19.3 Å². The quantitative estimate of drug-likeness (QED) is 0.0919. The van der Waals surface area contributed by atoms with E-state index in [1.807, 2.05) is 13.8 Å². The van der Waals surface area contributed by atoms with Crippen molar-refractivity contribution < 1.29 is 32.4 Å². The molecule has 2 heterocycles. The molecule has 11 heteroatoms. The van der Waals surface area contributed by atoms with E-state index < -0.39 is 48.5 Å². The number of hydrogen-bond acceptors (Lipinski definition) is 8. The molecule has 8 atom stereocenters. The Morgan fingerprint density at radius 1 is 0.887 bits per heavy atom. The molecule has 310 valence electrons. The van der Waals surface area contributed by atoms with Gasteiger partial charge in [-0.05, 0) is 87.0 Å². The lowest BCUT2D eigenvalue weighted by atomic mass is 9.73. The van der Waals surface area contributed by atoms with Gasteiger partial charge in [0.25, 0.3) is 0 Å². The van der Waals surface area contributed by atoms with E-state index in [1.54, 1.807) is 0 Å². The largest absolute Gasteiger partial charge is 0.454 e. The Hall–Kier alpha value is -0.699. The molecular formula is C42H83NO7Si3. The van der Waals surface area contributed by atoms with Crippen LogP contribution in [0.3, 0.4) is 0 Å². The second-order valence-electron chi connectivity index (χ2n) is 19.1. The summed E-state index contributed by atoms with van der Waals surface area (Å²) in [6.45, 7) is 38.1. The van der Waals surface area contributed by atoms with Gasteiger partial charge in [0.15, 0.2) is 36.8 Å². The van der Waals surface area contributed by atoms with Gasteiger partial charge in [-0.1, -0.05) is 96.4 Å². The predicted octanol–water partition coefficient (Wildman–Crippen LogP) is 10.6. The molecule has 2 saturated heterocycles. The van der Waals surface area contributed by atoms with E-state index in [9.17, 15) is 14.4 Å². The first-order valence-corrected chi connectivity index (χ1v) is 29.4. The minimum Gasteiger partial charge on any atom is -0.454 e. The summed E-state index contributed by atoms with van der Waals surface area (Å²) in [5, 5.41) is 0.122. The van der Waals surface area contributed by atoms with Crippen LogP contribution < -0.4 is 0 Å². The summed E-state index contributed by atoms with van der Waals surface area (Å²) in [6, 6.07) is 5.86. The van der Waals surface area contributed by atoms with Crippen LogP contribution in [0.4, 0.5) is 0 Å². The van der Waals surface area contributed by atoms with E-state index in [4.69, 9.17) is 18.0 Å². The van der Waals surface area contributed by atoms with Crippen molar-refractivity contribution in [2.75, 3.05) is 13.2 Å². The molecule has 2 fully saturated rings. The summed E-state index contributed by atoms with van der Waals surface area (Å²) < 4.78 is 27.1. The number of Topliss-reactive ketones (excluding diaryl/α,β-unsaturated/α-hetero) is 2. The number of ether oxygens (including phenoxy) is 1. The van der Waals surface area contributed by atoms with Gasteiger partial charge >= 0.3 is 5.97 Å². The summed E-state index contributed by atoms with van der Waals surface area (Å²) in [7, 11) is -6.25. The molecule has 0 saturated carbocycles. The second-order valence-corrected chi connectivity index (χ2v) is 33.4. The molecule has 0 aliphatic carbocycles. The molecule has 0 aromatic rings. The molecule has 0 radical (unpaired) electrons. The molecule has 0 aromatic carbocycles. The highest BCUT2D eigenvalue weighted by atomic mass is 28.4. The summed E-state index contributed by atoms with van der Waals surface area (Å²) in [5.74, 6) is -0.716. The van der Waals surface area contributed by atoms with Gasteiger partial charge in [0, 0.05) is 42.5 Å². The van der Waals surface area contributed by atoms with Crippen molar-refractivity contribution in [1.82, 2.24) is 4.90 Å². The predicted molar refractivity (Wildman–Crippen MR) is 227 cm³/mol. The Morgan fingerprint density at radius 3 is 1.87 bits per heavy atom. The highest BCUT2D eigenvalue weighted by Crippen LogP contribution is 2.49. The third kappa shape index (κ3) is 11.5. The van der Waals surface area contributed by atoms with Gasteiger partial charge < -0.3 is 18.0 Å². The third-order valence-corrected chi connectivity index (χ3v) is 28.5. The lowest BCUT2D eigenvalue weighted by Gasteiger charge is -2.44. The van der Waals surface area contributed by atoms with Crippen molar-refractivity contribution in [3.63, 3.8) is 0 Å². The molecular weight excluding hydrogens is 715 g/mol. The SMILES string of the molecule is CC[Si](CC)(CC)OC1[C@@H](C)CCC[C@]2(C)[C@H](C[C@@H](C(C)=O)OC(=O)CC(O[Si](CC)(CC)CC)C(C)(C)C(=O)[C@@H]1C)N2CCO[Si](C)(C)C(C)(C)C. The summed E-state index contributed by atoms with van der Waals surface area (Å²) in [6.07, 6.45) is 1.56. The van der Waals surface area contributed by atoms with Crippen molar-refractivity contribution in [3.05, 3.63) is 0 Å². The van der Waals surface area contributed by atoms with Crippen molar-refractivity contribution in [1.29, 1.82) is 0 Å². The molecule has 0 aromatic heterocycles. The Bertz CT molecular complexity index is 1190. The zero-order chi connectivity index (χ0) is 40.8. The molecule has 8 nitrogen and oxygen atoms in total. The van der Waals surface area contributed by atoms with E-state index in [2.05, 4.69) is 101 Å². The third-order valence-electron chi connectivity index (χ3n) is 14.7. The number of nitrogens with zero attached hydrogens (tertiary/aromatic N) is 1. The van der Waals surface area contributed by atoms with Crippen LogP contribution in [0.1, 0.15) is 136 Å². The van der Waals surface area contributed by atoms with Gasteiger partial charge in [0.2, 0.25) is 0 Å². The molecule has 0 bridgehead atoms. The summed E-state index contributed by atoms with van der Waals surface area (Å²) >= 11 is 0. The minimum atomic E-state index is -2.25. The Labute approximate surface area is 329 Å². The van der Waals surface area contributed by atoms with Gasteiger partial charge in [-0.2, -0.15) is 0 Å². The zero-order valence-corrected chi connectivity index (χ0v) is 40.5. The van der Waals surface area contributed by atoms with Crippen molar-refractivity contribution in [3.8, 4) is 0 Å². The normalized spacial score (nSPS) is 31.2. The number of fused-ring (bicyclic) bond motifs is 1. The lowest BCUT2D eigenvalue weighted by Crippen LogP contribution is -2.53. The first-order chi connectivity index (χ1) is 24.4. The average Bonchev–Trinajstić information content (AvgIpc) is 3.64. The molecule has 2 rings (SSSR count). The standard InChI is InChI=1S/C42H83NO7Si3/c1-18-52(19-2,20-3)49-36-30-37(45)48-34(33(9)44)29-35-42(15,43(35)27-28-47-51(16,17)40(10,11)12)26-24-25-31(7)38(32(8)39(46)41(36,13)14)50-53(21-4,22-5)23-6/h31-32,34-36,38H,18-30H2,1-17H3/t31-,32+,34-,35-,36?,38?,42+,43?/m0/s1. The monoisotopic (exact) mass is 798 g/mol. The van der Waals surface area contributed by atoms with Crippen molar-refractivity contribution in [2.45, 2.75) is 220 Å². The fourth-order valence-corrected chi connectivity index (χ4v) is 15.8. The van der Waals surface area contributed by atoms with Gasteiger partial charge in [0.05, 0.1) is 18.6 Å². The number of hydrogen-bond donors (Lipinski definition) is 0. The van der Waals surface area contributed by atoms with Gasteiger partial charge in [0.1, 0.15) is 5.78 Å². The molecule has 2 aliphatic heterocycles. The van der Waals surface area contributed by atoms with E-state index >= 15 is 0 Å². The summed E-state index contributed by atoms with van der Waals surface area (Å²) in [4.78, 5) is 44.6. The zero-order valence-electron chi connectivity index (χ0n) is 37.5. The number of carbonyl (C=O) groups is 3. The smallest absolute Gasteiger partial charge is 0.309 e. The number of rotatable bonds is 15. The van der Waals surface area contributed by atoms with Crippen LogP contribution in [0.25, 0.3) is 0 Å². The number of carbonyl (C=O) groups excluding carboxylic acids is 3.